The van der Waals surface area contributed by atoms with E-state index in [0.29, 0.717) is 5.41 Å². The summed E-state index contributed by atoms with van der Waals surface area (Å²) in [6.07, 6.45) is 3.60. The summed E-state index contributed by atoms with van der Waals surface area (Å²) < 4.78 is 0. The van der Waals surface area contributed by atoms with Gasteiger partial charge in [-0.1, -0.05) is 30.3 Å². The van der Waals surface area contributed by atoms with E-state index in [1.54, 1.807) is 0 Å². The molecule has 1 aromatic rings. The van der Waals surface area contributed by atoms with Gasteiger partial charge in [-0.05, 0) is 56.9 Å². The van der Waals surface area contributed by atoms with E-state index < -0.39 is 0 Å². The Bertz CT molecular complexity index is 313. The Labute approximate surface area is 98.4 Å². The van der Waals surface area contributed by atoms with E-state index >= 15 is 0 Å². The van der Waals surface area contributed by atoms with Crippen LogP contribution < -0.4 is 5.73 Å². The van der Waals surface area contributed by atoms with Gasteiger partial charge >= 0.3 is 0 Å². The van der Waals surface area contributed by atoms with Crippen molar-refractivity contribution in [3.8, 4) is 0 Å². The number of nitrogens with zero attached hydrogens (tertiary/aromatic N) is 1. The van der Waals surface area contributed by atoms with E-state index in [-0.39, 0.29) is 0 Å². The number of likely N-dealkylation sites (tertiary alicyclic amines) is 1. The first-order valence-electron chi connectivity index (χ1n) is 6.21. The molecule has 0 saturated carbocycles. The molecule has 1 saturated heterocycles. The van der Waals surface area contributed by atoms with Gasteiger partial charge < -0.3 is 10.6 Å². The first-order chi connectivity index (χ1) is 7.77. The van der Waals surface area contributed by atoms with Crippen LogP contribution in [0.1, 0.15) is 24.8 Å². The van der Waals surface area contributed by atoms with Crippen LogP contribution in [-0.2, 0) is 5.41 Å². The Morgan fingerprint density at radius 3 is 2.38 bits per heavy atom. The molecule has 2 N–H and O–H groups in total. The van der Waals surface area contributed by atoms with E-state index in [9.17, 15) is 0 Å². The summed E-state index contributed by atoms with van der Waals surface area (Å²) in [7, 11) is 2.21. The molecule has 88 valence electrons. The number of piperidine rings is 1. The Morgan fingerprint density at radius 2 is 1.81 bits per heavy atom. The van der Waals surface area contributed by atoms with Gasteiger partial charge in [-0.3, -0.25) is 0 Å². The molecule has 16 heavy (non-hydrogen) atoms. The van der Waals surface area contributed by atoms with Gasteiger partial charge in [-0.15, -0.1) is 0 Å². The van der Waals surface area contributed by atoms with Crippen molar-refractivity contribution in [1.29, 1.82) is 0 Å². The van der Waals surface area contributed by atoms with Crippen molar-refractivity contribution < 1.29 is 0 Å². The summed E-state index contributed by atoms with van der Waals surface area (Å²) in [5, 5.41) is 0. The van der Waals surface area contributed by atoms with Gasteiger partial charge in [0.1, 0.15) is 0 Å². The molecule has 0 amide bonds. The van der Waals surface area contributed by atoms with Crippen molar-refractivity contribution in [3.63, 3.8) is 0 Å². The second-order valence-corrected chi connectivity index (χ2v) is 4.99. The van der Waals surface area contributed by atoms with Crippen molar-refractivity contribution in [2.75, 3.05) is 26.7 Å². The van der Waals surface area contributed by atoms with Gasteiger partial charge in [-0.25, -0.2) is 0 Å². The first kappa shape index (κ1) is 11.6. The minimum absolute atomic E-state index is 0.336. The minimum Gasteiger partial charge on any atom is -0.330 e. The van der Waals surface area contributed by atoms with E-state index in [4.69, 9.17) is 5.73 Å². The Hall–Kier alpha value is -0.860. The summed E-state index contributed by atoms with van der Waals surface area (Å²) in [6.45, 7) is 3.17. The number of benzene rings is 1. The highest BCUT2D eigenvalue weighted by Crippen LogP contribution is 2.37. The fourth-order valence-corrected chi connectivity index (χ4v) is 2.80. The van der Waals surface area contributed by atoms with Crippen molar-refractivity contribution in [2.24, 2.45) is 5.73 Å². The maximum absolute atomic E-state index is 5.80. The third-order valence-electron chi connectivity index (χ3n) is 3.95. The molecule has 0 aromatic heterocycles. The monoisotopic (exact) mass is 218 g/mol. The molecule has 2 heteroatoms. The SMILES string of the molecule is CN1CCC(CCN)(c2ccccc2)CC1. The first-order valence-corrected chi connectivity index (χ1v) is 6.21. The highest BCUT2D eigenvalue weighted by atomic mass is 15.1. The van der Waals surface area contributed by atoms with E-state index in [1.165, 1.54) is 31.5 Å². The predicted molar refractivity (Wildman–Crippen MR) is 68.5 cm³/mol. The molecule has 0 unspecified atom stereocenters. The summed E-state index contributed by atoms with van der Waals surface area (Å²) in [5.74, 6) is 0. The van der Waals surface area contributed by atoms with Gasteiger partial charge in [0.25, 0.3) is 0 Å². The van der Waals surface area contributed by atoms with Crippen LogP contribution >= 0.6 is 0 Å². The van der Waals surface area contributed by atoms with Crippen LogP contribution in [0.5, 0.6) is 0 Å². The van der Waals surface area contributed by atoms with E-state index in [2.05, 4.69) is 42.3 Å². The molecule has 2 nitrogen and oxygen atoms in total. The van der Waals surface area contributed by atoms with Crippen molar-refractivity contribution in [2.45, 2.75) is 24.7 Å². The summed E-state index contributed by atoms with van der Waals surface area (Å²) in [6, 6.07) is 10.9. The number of rotatable bonds is 3. The van der Waals surface area contributed by atoms with Crippen LogP contribution in [0.15, 0.2) is 30.3 Å². The van der Waals surface area contributed by atoms with Crippen LogP contribution in [0, 0.1) is 0 Å². The van der Waals surface area contributed by atoms with Gasteiger partial charge in [0.15, 0.2) is 0 Å². The molecule has 1 aliphatic heterocycles. The third kappa shape index (κ3) is 2.28. The normalized spacial score (nSPS) is 20.9. The third-order valence-corrected chi connectivity index (χ3v) is 3.95. The van der Waals surface area contributed by atoms with Crippen LogP contribution in [-0.4, -0.2) is 31.6 Å². The van der Waals surface area contributed by atoms with Gasteiger partial charge in [0.05, 0.1) is 0 Å². The highest BCUT2D eigenvalue weighted by Gasteiger charge is 2.34. The summed E-state index contributed by atoms with van der Waals surface area (Å²) >= 11 is 0. The lowest BCUT2D eigenvalue weighted by Gasteiger charge is -2.41. The molecule has 0 atom stereocenters. The average molecular weight is 218 g/mol. The second-order valence-electron chi connectivity index (χ2n) is 4.99. The lowest BCUT2D eigenvalue weighted by atomic mass is 9.70. The van der Waals surface area contributed by atoms with E-state index in [0.717, 1.165) is 13.0 Å². The van der Waals surface area contributed by atoms with E-state index in [1.807, 2.05) is 0 Å². The predicted octanol–water partition coefficient (Wildman–Crippen LogP) is 2.00. The number of hydrogen-bond donors (Lipinski definition) is 1. The molecular formula is C14H22N2. The number of nitrogens with two attached hydrogens (primary N) is 1. The topological polar surface area (TPSA) is 29.3 Å². The summed E-state index contributed by atoms with van der Waals surface area (Å²) in [4.78, 5) is 2.41. The fourth-order valence-electron chi connectivity index (χ4n) is 2.80. The standard InChI is InChI=1S/C14H22N2/c1-16-11-8-14(7-10-15,9-12-16)13-5-3-2-4-6-13/h2-6H,7-12,15H2,1H3. The molecule has 0 bridgehead atoms. The zero-order valence-corrected chi connectivity index (χ0v) is 10.2. The number of hydrogen-bond acceptors (Lipinski definition) is 2. The lowest BCUT2D eigenvalue weighted by Crippen LogP contribution is -2.42. The molecule has 1 fully saturated rings. The van der Waals surface area contributed by atoms with Crippen LogP contribution in [0.3, 0.4) is 0 Å². The molecular weight excluding hydrogens is 196 g/mol. The largest absolute Gasteiger partial charge is 0.330 e. The molecule has 1 heterocycles. The molecule has 0 spiro atoms. The minimum atomic E-state index is 0.336. The summed E-state index contributed by atoms with van der Waals surface area (Å²) in [5.41, 5.74) is 7.62. The maximum Gasteiger partial charge on any atom is -0.00107 e. The molecule has 0 radical (unpaired) electrons. The van der Waals surface area contributed by atoms with Crippen molar-refractivity contribution in [3.05, 3.63) is 35.9 Å². The van der Waals surface area contributed by atoms with Crippen LogP contribution in [0.25, 0.3) is 0 Å². The van der Waals surface area contributed by atoms with Gasteiger partial charge in [0, 0.05) is 0 Å². The molecule has 1 aromatic carbocycles. The average Bonchev–Trinajstić information content (AvgIpc) is 2.34. The Kier molecular flexibility index (Phi) is 3.62. The molecule has 0 aliphatic carbocycles. The van der Waals surface area contributed by atoms with Gasteiger partial charge in [-0.2, -0.15) is 0 Å². The second kappa shape index (κ2) is 4.98. The molecule has 2 rings (SSSR count). The van der Waals surface area contributed by atoms with Crippen LogP contribution in [0.4, 0.5) is 0 Å². The van der Waals surface area contributed by atoms with Crippen molar-refractivity contribution in [1.82, 2.24) is 4.90 Å². The zero-order valence-electron chi connectivity index (χ0n) is 10.2. The zero-order chi connectivity index (χ0) is 11.4. The quantitative estimate of drug-likeness (QED) is 0.841. The highest BCUT2D eigenvalue weighted by molar-refractivity contribution is 5.26. The van der Waals surface area contributed by atoms with Gasteiger partial charge in [0.2, 0.25) is 0 Å². The van der Waals surface area contributed by atoms with Crippen LogP contribution in [0.2, 0.25) is 0 Å². The van der Waals surface area contributed by atoms with Crippen molar-refractivity contribution >= 4 is 0 Å². The smallest absolute Gasteiger partial charge is 0.00107 e. The Morgan fingerprint density at radius 1 is 1.19 bits per heavy atom. The Balaban J connectivity index is 2.22. The maximum atomic E-state index is 5.80. The molecule has 1 aliphatic rings. The fraction of sp³-hybridized carbons (Fsp3) is 0.571. The lowest BCUT2D eigenvalue weighted by molar-refractivity contribution is 0.180.